The van der Waals surface area contributed by atoms with Gasteiger partial charge in [-0.1, -0.05) is 0 Å². The highest BCUT2D eigenvalue weighted by Crippen LogP contribution is 2.30. The summed E-state index contributed by atoms with van der Waals surface area (Å²) in [6.07, 6.45) is 6.41. The van der Waals surface area contributed by atoms with E-state index in [0.29, 0.717) is 5.69 Å². The van der Waals surface area contributed by atoms with Gasteiger partial charge in [-0.3, -0.25) is 4.79 Å². The number of amides is 1. The molecule has 2 aromatic heterocycles. The minimum Gasteiger partial charge on any atom is -0.497 e. The summed E-state index contributed by atoms with van der Waals surface area (Å²) < 4.78 is 5.27. The maximum atomic E-state index is 12.8. The van der Waals surface area contributed by atoms with Crippen molar-refractivity contribution in [3.8, 4) is 5.75 Å². The van der Waals surface area contributed by atoms with Crippen LogP contribution < -0.4 is 15.0 Å². The third-order valence-corrected chi connectivity index (χ3v) is 6.48. The molecule has 1 aliphatic carbocycles. The Kier molecular flexibility index (Phi) is 5.26. The van der Waals surface area contributed by atoms with Gasteiger partial charge in [0.2, 0.25) is 0 Å². The molecule has 0 atom stereocenters. The number of aryl methyl sites for hydroxylation is 2. The molecule has 5 rings (SSSR count). The second-order valence-electron chi connectivity index (χ2n) is 8.60. The molecule has 1 saturated heterocycles. The predicted molar refractivity (Wildman–Crippen MR) is 121 cm³/mol. The molecule has 7 nitrogen and oxygen atoms in total. The smallest absolute Gasteiger partial charge is 0.267 e. The average molecular weight is 420 g/mol. The van der Waals surface area contributed by atoms with Crippen molar-refractivity contribution in [3.63, 3.8) is 0 Å². The van der Waals surface area contributed by atoms with Crippen molar-refractivity contribution in [1.29, 1.82) is 0 Å². The summed E-state index contributed by atoms with van der Waals surface area (Å²) in [5.74, 6) is 2.71. The fourth-order valence-corrected chi connectivity index (χ4v) is 4.81. The van der Waals surface area contributed by atoms with Crippen LogP contribution in [0, 0.1) is 6.92 Å². The first kappa shape index (κ1) is 19.8. The van der Waals surface area contributed by atoms with E-state index in [1.54, 1.807) is 7.11 Å². The van der Waals surface area contributed by atoms with Gasteiger partial charge in [0.05, 0.1) is 7.11 Å². The topological polar surface area (TPSA) is 83.1 Å². The number of benzene rings is 1. The monoisotopic (exact) mass is 419 g/mol. The lowest BCUT2D eigenvalue weighted by molar-refractivity contribution is 0.0927. The summed E-state index contributed by atoms with van der Waals surface area (Å²) in [7, 11) is 1.64. The van der Waals surface area contributed by atoms with Crippen LogP contribution >= 0.6 is 0 Å². The highest BCUT2D eigenvalue weighted by molar-refractivity contribution is 5.98. The third kappa shape index (κ3) is 3.96. The molecule has 7 heteroatoms. The van der Waals surface area contributed by atoms with E-state index in [1.807, 2.05) is 31.2 Å². The fraction of sp³-hybridized carbons (Fsp3) is 0.458. The molecule has 1 aromatic carbocycles. The Bertz CT molecular complexity index is 1110. The number of H-pyrrole nitrogens is 1. The molecule has 162 valence electrons. The van der Waals surface area contributed by atoms with E-state index in [2.05, 4.69) is 20.2 Å². The second-order valence-corrected chi connectivity index (χ2v) is 8.60. The van der Waals surface area contributed by atoms with Crippen LogP contribution in [-0.2, 0) is 12.8 Å². The number of methoxy groups -OCH3 is 1. The van der Waals surface area contributed by atoms with Gasteiger partial charge in [-0.05, 0) is 63.6 Å². The molecule has 0 radical (unpaired) electrons. The number of hydrogen-bond acceptors (Lipinski definition) is 5. The summed E-state index contributed by atoms with van der Waals surface area (Å²) >= 11 is 0. The Hall–Kier alpha value is -3.09. The number of rotatable bonds is 4. The molecule has 31 heavy (non-hydrogen) atoms. The molecular weight excluding hydrogens is 390 g/mol. The van der Waals surface area contributed by atoms with E-state index in [4.69, 9.17) is 9.72 Å². The van der Waals surface area contributed by atoms with Gasteiger partial charge in [-0.2, -0.15) is 0 Å². The molecule has 1 fully saturated rings. The Morgan fingerprint density at radius 2 is 1.97 bits per heavy atom. The maximum absolute atomic E-state index is 12.8. The first-order valence-corrected chi connectivity index (χ1v) is 11.2. The van der Waals surface area contributed by atoms with Gasteiger partial charge in [0.1, 0.15) is 23.1 Å². The average Bonchev–Trinajstić information content (AvgIpc) is 3.22. The van der Waals surface area contributed by atoms with E-state index in [-0.39, 0.29) is 11.9 Å². The number of carbonyl (C=O) groups is 1. The number of piperidine rings is 1. The molecule has 2 N–H and O–H groups in total. The highest BCUT2D eigenvalue weighted by atomic mass is 16.5. The van der Waals surface area contributed by atoms with Gasteiger partial charge in [-0.15, -0.1) is 0 Å². The highest BCUT2D eigenvalue weighted by Gasteiger charge is 2.26. The van der Waals surface area contributed by atoms with Crippen molar-refractivity contribution in [2.24, 2.45) is 0 Å². The summed E-state index contributed by atoms with van der Waals surface area (Å²) in [4.78, 5) is 27.9. The van der Waals surface area contributed by atoms with Crippen LogP contribution in [-0.4, -0.2) is 47.1 Å². The summed E-state index contributed by atoms with van der Waals surface area (Å²) in [5.41, 5.74) is 4.07. The molecule has 3 heterocycles. The number of carbonyl (C=O) groups excluding carboxylic acids is 1. The van der Waals surface area contributed by atoms with Crippen molar-refractivity contribution >= 4 is 22.6 Å². The number of aromatic amines is 1. The predicted octanol–water partition coefficient (Wildman–Crippen LogP) is 3.55. The lowest BCUT2D eigenvalue weighted by Crippen LogP contribution is -2.45. The molecule has 1 amide bonds. The number of fused-ring (bicyclic) bond motifs is 2. The standard InChI is InChI=1S/C24H29N5O2/c1-15-25-20-6-4-3-5-19(20)23(26-15)29-11-9-17(10-12-29)27-24(30)22-13-16-7-8-18(31-2)14-21(16)28-22/h7-8,13-14,17,28H,3-6,9-12H2,1-2H3,(H,27,30). The van der Waals surface area contributed by atoms with Gasteiger partial charge in [0.25, 0.3) is 5.91 Å². The zero-order chi connectivity index (χ0) is 21.4. The van der Waals surface area contributed by atoms with Crippen molar-refractivity contribution < 1.29 is 9.53 Å². The van der Waals surface area contributed by atoms with E-state index in [0.717, 1.165) is 67.1 Å². The molecule has 0 unspecified atom stereocenters. The van der Waals surface area contributed by atoms with Gasteiger partial charge >= 0.3 is 0 Å². The van der Waals surface area contributed by atoms with Gasteiger partial charge in [0, 0.05) is 47.4 Å². The van der Waals surface area contributed by atoms with E-state index in [9.17, 15) is 4.79 Å². The number of aromatic nitrogens is 3. The van der Waals surface area contributed by atoms with Crippen LogP contribution in [0.4, 0.5) is 5.82 Å². The molecule has 2 aliphatic rings. The quantitative estimate of drug-likeness (QED) is 0.676. The Morgan fingerprint density at radius 1 is 1.16 bits per heavy atom. The normalized spacial score (nSPS) is 16.9. The number of nitrogens with zero attached hydrogens (tertiary/aromatic N) is 3. The van der Waals surface area contributed by atoms with E-state index >= 15 is 0 Å². The Labute approximate surface area is 182 Å². The summed E-state index contributed by atoms with van der Waals surface area (Å²) in [5, 5.41) is 4.21. The summed E-state index contributed by atoms with van der Waals surface area (Å²) in [6.45, 7) is 3.79. The lowest BCUT2D eigenvalue weighted by atomic mass is 9.95. The van der Waals surface area contributed by atoms with E-state index in [1.165, 1.54) is 24.1 Å². The first-order chi connectivity index (χ1) is 15.1. The van der Waals surface area contributed by atoms with Crippen LogP contribution in [0.1, 0.15) is 53.3 Å². The van der Waals surface area contributed by atoms with Crippen molar-refractivity contribution in [1.82, 2.24) is 20.3 Å². The molecule has 1 aliphatic heterocycles. The number of nitrogens with one attached hydrogen (secondary N) is 2. The van der Waals surface area contributed by atoms with Crippen molar-refractivity contribution in [2.75, 3.05) is 25.1 Å². The van der Waals surface area contributed by atoms with Crippen LogP contribution in [0.3, 0.4) is 0 Å². The van der Waals surface area contributed by atoms with Crippen molar-refractivity contribution in [3.05, 3.63) is 47.0 Å². The Morgan fingerprint density at radius 3 is 2.77 bits per heavy atom. The molecule has 3 aromatic rings. The SMILES string of the molecule is COc1ccc2cc(C(=O)NC3CCN(c4nc(C)nc5c4CCCC5)CC3)[nH]c2c1. The third-order valence-electron chi connectivity index (χ3n) is 6.48. The van der Waals surface area contributed by atoms with Crippen LogP contribution in [0.15, 0.2) is 24.3 Å². The molecule has 0 bridgehead atoms. The largest absolute Gasteiger partial charge is 0.497 e. The van der Waals surface area contributed by atoms with Crippen LogP contribution in [0.2, 0.25) is 0 Å². The van der Waals surface area contributed by atoms with Crippen LogP contribution in [0.25, 0.3) is 10.9 Å². The van der Waals surface area contributed by atoms with Crippen LogP contribution in [0.5, 0.6) is 5.75 Å². The zero-order valence-corrected chi connectivity index (χ0v) is 18.2. The van der Waals surface area contributed by atoms with E-state index < -0.39 is 0 Å². The number of anilines is 1. The maximum Gasteiger partial charge on any atom is 0.267 e. The fourth-order valence-electron chi connectivity index (χ4n) is 4.81. The molecule has 0 spiro atoms. The molecule has 0 saturated carbocycles. The summed E-state index contributed by atoms with van der Waals surface area (Å²) in [6, 6.07) is 7.85. The van der Waals surface area contributed by atoms with Gasteiger partial charge in [0.15, 0.2) is 0 Å². The molecular formula is C24H29N5O2. The first-order valence-electron chi connectivity index (χ1n) is 11.2. The number of hydrogen-bond donors (Lipinski definition) is 2. The van der Waals surface area contributed by atoms with Gasteiger partial charge in [-0.25, -0.2) is 9.97 Å². The van der Waals surface area contributed by atoms with Gasteiger partial charge < -0.3 is 19.9 Å². The van der Waals surface area contributed by atoms with Crippen molar-refractivity contribution in [2.45, 2.75) is 51.5 Å². The zero-order valence-electron chi connectivity index (χ0n) is 18.2. The minimum absolute atomic E-state index is 0.0520. The second kappa shape index (κ2) is 8.21. The Balaban J connectivity index is 1.24. The minimum atomic E-state index is -0.0520. The lowest BCUT2D eigenvalue weighted by Gasteiger charge is -2.35. The number of ether oxygens (including phenoxy) is 1.